The van der Waals surface area contributed by atoms with E-state index in [0.29, 0.717) is 26.9 Å². The summed E-state index contributed by atoms with van der Waals surface area (Å²) >= 11 is 1.08. The Balaban J connectivity index is 1.72. The van der Waals surface area contributed by atoms with Gasteiger partial charge in [0.05, 0.1) is 18.2 Å². The van der Waals surface area contributed by atoms with Crippen molar-refractivity contribution in [2.75, 3.05) is 19.0 Å². The molecule has 8 heteroatoms. The number of hydrogen-bond donors (Lipinski definition) is 1. The van der Waals surface area contributed by atoms with Crippen molar-refractivity contribution < 1.29 is 23.5 Å². The largest absolute Gasteiger partial charge is 0.451 e. The summed E-state index contributed by atoms with van der Waals surface area (Å²) in [4.78, 5) is 24.7. The lowest BCUT2D eigenvalue weighted by Gasteiger charge is -2.07. The fourth-order valence-electron chi connectivity index (χ4n) is 2.67. The molecule has 1 aromatic heterocycles. The number of rotatable bonds is 6. The van der Waals surface area contributed by atoms with Crippen molar-refractivity contribution in [1.29, 1.82) is 5.26 Å². The molecular formula is C20H15FN2O4S. The summed E-state index contributed by atoms with van der Waals surface area (Å²) in [6, 6.07) is 12.9. The van der Waals surface area contributed by atoms with Crippen LogP contribution in [0.2, 0.25) is 0 Å². The summed E-state index contributed by atoms with van der Waals surface area (Å²) in [5.41, 5.74) is 1.21. The molecule has 3 aromatic rings. The number of esters is 1. The van der Waals surface area contributed by atoms with E-state index in [2.05, 4.69) is 5.32 Å². The number of thiophene rings is 1. The van der Waals surface area contributed by atoms with Crippen molar-refractivity contribution in [3.8, 4) is 6.07 Å². The lowest BCUT2D eigenvalue weighted by Crippen LogP contribution is -2.21. The van der Waals surface area contributed by atoms with Crippen LogP contribution in [0.1, 0.15) is 20.8 Å². The molecule has 1 heterocycles. The first-order valence-corrected chi connectivity index (χ1v) is 9.01. The van der Waals surface area contributed by atoms with E-state index in [4.69, 9.17) is 14.7 Å². The van der Waals surface area contributed by atoms with E-state index in [-0.39, 0.29) is 11.5 Å². The van der Waals surface area contributed by atoms with E-state index < -0.39 is 24.3 Å². The van der Waals surface area contributed by atoms with Crippen LogP contribution in [0.25, 0.3) is 10.1 Å². The average molecular weight is 398 g/mol. The number of hydrogen-bond acceptors (Lipinski definition) is 6. The zero-order chi connectivity index (χ0) is 20.1. The van der Waals surface area contributed by atoms with Crippen LogP contribution in [0.5, 0.6) is 0 Å². The van der Waals surface area contributed by atoms with E-state index in [1.165, 1.54) is 19.2 Å². The Bertz CT molecular complexity index is 1090. The quantitative estimate of drug-likeness (QED) is 0.637. The van der Waals surface area contributed by atoms with E-state index in [9.17, 15) is 14.0 Å². The Hall–Kier alpha value is -3.28. The number of halogens is 1. The van der Waals surface area contributed by atoms with Gasteiger partial charge in [-0.3, -0.25) is 4.79 Å². The second kappa shape index (κ2) is 8.61. The first-order valence-electron chi connectivity index (χ1n) is 8.19. The number of carbonyl (C=O) groups excluding carboxylic acids is 2. The van der Waals surface area contributed by atoms with Crippen molar-refractivity contribution in [3.63, 3.8) is 0 Å². The molecule has 1 N–H and O–H groups in total. The molecule has 0 unspecified atom stereocenters. The number of benzene rings is 2. The number of fused-ring (bicyclic) bond motifs is 1. The third kappa shape index (κ3) is 4.17. The molecule has 0 atom stereocenters. The highest BCUT2D eigenvalue weighted by Crippen LogP contribution is 2.34. The van der Waals surface area contributed by atoms with Gasteiger partial charge in [0.2, 0.25) is 0 Å². The highest BCUT2D eigenvalue weighted by molar-refractivity contribution is 7.21. The van der Waals surface area contributed by atoms with Crippen molar-refractivity contribution in [2.45, 2.75) is 6.61 Å². The van der Waals surface area contributed by atoms with Gasteiger partial charge in [-0.2, -0.15) is 5.26 Å². The molecule has 0 saturated carbocycles. The summed E-state index contributed by atoms with van der Waals surface area (Å²) in [6.07, 6.45) is 0. The van der Waals surface area contributed by atoms with Crippen molar-refractivity contribution in [1.82, 2.24) is 0 Å². The SMILES string of the molecule is COCc1c(C(=O)OCC(=O)Nc2cccc(C#N)c2)sc2cccc(F)c12. The van der Waals surface area contributed by atoms with Crippen LogP contribution in [-0.4, -0.2) is 25.6 Å². The minimum absolute atomic E-state index is 0.0402. The molecule has 0 aliphatic heterocycles. The average Bonchev–Trinajstić information content (AvgIpc) is 3.06. The Morgan fingerprint density at radius 2 is 2.04 bits per heavy atom. The highest BCUT2D eigenvalue weighted by Gasteiger charge is 2.22. The van der Waals surface area contributed by atoms with Gasteiger partial charge in [-0.25, -0.2) is 9.18 Å². The van der Waals surface area contributed by atoms with Gasteiger partial charge in [0.15, 0.2) is 6.61 Å². The summed E-state index contributed by atoms with van der Waals surface area (Å²) in [5.74, 6) is -1.73. The molecule has 2 aromatic carbocycles. The fraction of sp³-hybridized carbons (Fsp3) is 0.150. The molecule has 142 valence electrons. The summed E-state index contributed by atoms with van der Waals surface area (Å²) < 4.78 is 25.0. The minimum Gasteiger partial charge on any atom is -0.451 e. The van der Waals surface area contributed by atoms with E-state index in [1.54, 1.807) is 30.3 Å². The molecule has 28 heavy (non-hydrogen) atoms. The van der Waals surface area contributed by atoms with Crippen molar-refractivity contribution in [3.05, 3.63) is 64.3 Å². The second-order valence-electron chi connectivity index (χ2n) is 5.77. The maximum Gasteiger partial charge on any atom is 0.349 e. The number of nitrogens with zero attached hydrogens (tertiary/aromatic N) is 1. The summed E-state index contributed by atoms with van der Waals surface area (Å²) in [5, 5.41) is 11.7. The Labute approximate surface area is 164 Å². The smallest absolute Gasteiger partial charge is 0.349 e. The monoisotopic (exact) mass is 398 g/mol. The van der Waals surface area contributed by atoms with Crippen molar-refractivity contribution in [2.24, 2.45) is 0 Å². The third-order valence-corrected chi connectivity index (χ3v) is 5.02. The Kier molecular flexibility index (Phi) is 5.99. The van der Waals surface area contributed by atoms with Gasteiger partial charge in [-0.05, 0) is 30.3 Å². The molecule has 0 spiro atoms. The first kappa shape index (κ1) is 19.5. The van der Waals surface area contributed by atoms with Crippen LogP contribution >= 0.6 is 11.3 Å². The topological polar surface area (TPSA) is 88.4 Å². The zero-order valence-electron chi connectivity index (χ0n) is 14.8. The van der Waals surface area contributed by atoms with Gasteiger partial charge in [0.25, 0.3) is 5.91 Å². The van der Waals surface area contributed by atoms with Crippen LogP contribution in [0.4, 0.5) is 10.1 Å². The first-order chi connectivity index (χ1) is 13.5. The van der Waals surface area contributed by atoms with E-state index in [1.807, 2.05) is 6.07 Å². The lowest BCUT2D eigenvalue weighted by atomic mass is 10.1. The summed E-state index contributed by atoms with van der Waals surface area (Å²) in [6.45, 7) is -0.475. The number of amides is 1. The van der Waals surface area contributed by atoms with E-state index >= 15 is 0 Å². The predicted molar refractivity (Wildman–Crippen MR) is 103 cm³/mol. The van der Waals surface area contributed by atoms with Gasteiger partial charge >= 0.3 is 5.97 Å². The number of nitrogens with one attached hydrogen (secondary N) is 1. The number of methoxy groups -OCH3 is 1. The third-order valence-electron chi connectivity index (χ3n) is 3.85. The van der Waals surface area contributed by atoms with Gasteiger partial charge in [0, 0.05) is 28.4 Å². The Morgan fingerprint density at radius 3 is 2.79 bits per heavy atom. The normalized spacial score (nSPS) is 10.5. The Morgan fingerprint density at radius 1 is 1.25 bits per heavy atom. The molecule has 0 aliphatic rings. The maximum atomic E-state index is 14.2. The molecule has 0 saturated heterocycles. The summed E-state index contributed by atoms with van der Waals surface area (Å²) in [7, 11) is 1.45. The molecular weight excluding hydrogens is 383 g/mol. The van der Waals surface area contributed by atoms with Crippen LogP contribution < -0.4 is 5.32 Å². The number of anilines is 1. The zero-order valence-corrected chi connectivity index (χ0v) is 15.6. The van der Waals surface area contributed by atoms with E-state index in [0.717, 1.165) is 11.3 Å². The van der Waals surface area contributed by atoms with Crippen LogP contribution in [0, 0.1) is 17.1 Å². The minimum atomic E-state index is -0.728. The number of carbonyl (C=O) groups is 2. The highest BCUT2D eigenvalue weighted by atomic mass is 32.1. The number of ether oxygens (including phenoxy) is 2. The number of nitriles is 1. The van der Waals surface area contributed by atoms with Gasteiger partial charge in [-0.1, -0.05) is 12.1 Å². The van der Waals surface area contributed by atoms with Crippen LogP contribution in [0.3, 0.4) is 0 Å². The van der Waals surface area contributed by atoms with Crippen LogP contribution in [0.15, 0.2) is 42.5 Å². The molecule has 0 aliphatic carbocycles. The van der Waals surface area contributed by atoms with Gasteiger partial charge in [-0.15, -0.1) is 11.3 Å². The molecule has 3 rings (SSSR count). The second-order valence-corrected chi connectivity index (χ2v) is 6.82. The van der Waals surface area contributed by atoms with Crippen LogP contribution in [-0.2, 0) is 20.9 Å². The molecule has 1 amide bonds. The van der Waals surface area contributed by atoms with Gasteiger partial charge in [0.1, 0.15) is 10.7 Å². The fourth-order valence-corrected chi connectivity index (χ4v) is 3.79. The van der Waals surface area contributed by atoms with Gasteiger partial charge < -0.3 is 14.8 Å². The molecule has 0 fully saturated rings. The predicted octanol–water partition coefficient (Wildman–Crippen LogP) is 3.85. The maximum absolute atomic E-state index is 14.2. The molecule has 0 bridgehead atoms. The molecule has 0 radical (unpaired) electrons. The standard InChI is InChI=1S/C20H15FN2O4S/c1-26-10-14-18-15(21)6-3-7-16(18)28-19(14)20(25)27-11-17(24)23-13-5-2-4-12(8-13)9-22/h2-8H,10-11H2,1H3,(H,23,24). The molecule has 6 nitrogen and oxygen atoms in total. The lowest BCUT2D eigenvalue weighted by molar-refractivity contribution is -0.119. The van der Waals surface area contributed by atoms with Crippen molar-refractivity contribution >= 4 is 39.0 Å².